The van der Waals surface area contributed by atoms with Gasteiger partial charge < -0.3 is 5.73 Å². The van der Waals surface area contributed by atoms with Crippen molar-refractivity contribution in [2.24, 2.45) is 0 Å². The molecule has 1 saturated heterocycles. The number of nitrogen functional groups attached to an aromatic ring is 1. The Kier molecular flexibility index (Phi) is 4.81. The van der Waals surface area contributed by atoms with Gasteiger partial charge in [0, 0.05) is 41.0 Å². The number of hydrogen-bond donors (Lipinski definition) is 1. The molecule has 1 aliphatic rings. The lowest BCUT2D eigenvalue weighted by Gasteiger charge is -2.34. The number of hydrogen-bond acceptors (Lipinski definition) is 5. The predicted molar refractivity (Wildman–Crippen MR) is 84.9 cm³/mol. The van der Waals surface area contributed by atoms with E-state index >= 15 is 0 Å². The Morgan fingerprint density at radius 1 is 1.53 bits per heavy atom. The minimum atomic E-state index is -3.06. The normalized spacial score (nSPS) is 21.5. The van der Waals surface area contributed by atoms with Crippen LogP contribution in [0, 0.1) is 0 Å². The highest BCUT2D eigenvalue weighted by molar-refractivity contribution is 9.10. The summed E-state index contributed by atoms with van der Waals surface area (Å²) in [6.07, 6.45) is 1.31. The average molecular weight is 365 g/mol. The second-order valence-electron chi connectivity index (χ2n) is 4.65. The molecule has 2 rings (SSSR count). The number of anilines is 1. The van der Waals surface area contributed by atoms with Crippen molar-refractivity contribution in [3.63, 3.8) is 0 Å². The topological polar surface area (TPSA) is 63.4 Å². The summed E-state index contributed by atoms with van der Waals surface area (Å²) in [5.41, 5.74) is 7.57. The van der Waals surface area contributed by atoms with E-state index in [1.165, 1.54) is 6.26 Å². The molecule has 1 aliphatic heterocycles. The van der Waals surface area contributed by atoms with Gasteiger partial charge in [-0.15, -0.1) is 0 Å². The van der Waals surface area contributed by atoms with Crippen molar-refractivity contribution in [2.75, 3.05) is 30.0 Å². The number of halogens is 1. The molecule has 2 N–H and O–H groups in total. The third-order valence-electron chi connectivity index (χ3n) is 3.17. The van der Waals surface area contributed by atoms with Gasteiger partial charge in [-0.1, -0.05) is 12.1 Å². The first kappa shape index (κ1) is 15.2. The second kappa shape index (κ2) is 6.03. The second-order valence-corrected chi connectivity index (χ2v) is 8.80. The molecule has 106 valence electrons. The largest absolute Gasteiger partial charge is 0.398 e. The Labute approximate surface area is 126 Å². The molecular formula is C12H17BrN2O2S2. The molecule has 1 aromatic rings. The SMILES string of the molecule is CS(=O)(=O)C1CSCCN1Cc1cccc(N)c1Br. The van der Waals surface area contributed by atoms with Crippen LogP contribution in [0.1, 0.15) is 5.56 Å². The van der Waals surface area contributed by atoms with Crippen molar-refractivity contribution in [1.29, 1.82) is 0 Å². The van der Waals surface area contributed by atoms with Gasteiger partial charge in [0.15, 0.2) is 9.84 Å². The van der Waals surface area contributed by atoms with Gasteiger partial charge in [0.1, 0.15) is 5.37 Å². The number of benzene rings is 1. The number of rotatable bonds is 3. The van der Waals surface area contributed by atoms with Crippen molar-refractivity contribution < 1.29 is 8.42 Å². The van der Waals surface area contributed by atoms with Crippen molar-refractivity contribution in [1.82, 2.24) is 4.90 Å². The number of sulfone groups is 1. The molecular weight excluding hydrogens is 348 g/mol. The minimum absolute atomic E-state index is 0.403. The van der Waals surface area contributed by atoms with Crippen LogP contribution in [0.2, 0.25) is 0 Å². The van der Waals surface area contributed by atoms with Gasteiger partial charge in [0.2, 0.25) is 0 Å². The molecule has 7 heteroatoms. The van der Waals surface area contributed by atoms with Crippen molar-refractivity contribution in [2.45, 2.75) is 11.9 Å². The van der Waals surface area contributed by atoms with Gasteiger partial charge in [0.25, 0.3) is 0 Å². The summed E-state index contributed by atoms with van der Waals surface area (Å²) in [5.74, 6) is 1.60. The predicted octanol–water partition coefficient (Wildman–Crippen LogP) is 1.95. The van der Waals surface area contributed by atoms with Crippen LogP contribution in [-0.2, 0) is 16.4 Å². The van der Waals surface area contributed by atoms with Gasteiger partial charge >= 0.3 is 0 Å². The van der Waals surface area contributed by atoms with Gasteiger partial charge in [-0.3, -0.25) is 4.90 Å². The van der Waals surface area contributed by atoms with Gasteiger partial charge in [0.05, 0.1) is 0 Å². The summed E-state index contributed by atoms with van der Waals surface area (Å²) in [5, 5.41) is -0.403. The molecule has 1 atom stereocenters. The first-order valence-electron chi connectivity index (χ1n) is 5.93. The monoisotopic (exact) mass is 364 g/mol. The lowest BCUT2D eigenvalue weighted by Crippen LogP contribution is -2.46. The van der Waals surface area contributed by atoms with Crippen LogP contribution in [0.3, 0.4) is 0 Å². The Morgan fingerprint density at radius 2 is 2.26 bits per heavy atom. The zero-order valence-corrected chi connectivity index (χ0v) is 13.9. The van der Waals surface area contributed by atoms with Gasteiger partial charge in [-0.2, -0.15) is 11.8 Å². The third kappa shape index (κ3) is 3.65. The van der Waals surface area contributed by atoms with Crippen molar-refractivity contribution in [3.05, 3.63) is 28.2 Å². The van der Waals surface area contributed by atoms with Crippen molar-refractivity contribution >= 4 is 43.2 Å². The van der Waals surface area contributed by atoms with Crippen LogP contribution in [0.25, 0.3) is 0 Å². The van der Waals surface area contributed by atoms with Gasteiger partial charge in [-0.05, 0) is 27.6 Å². The van der Waals surface area contributed by atoms with E-state index in [4.69, 9.17) is 5.73 Å². The van der Waals surface area contributed by atoms with E-state index in [1.54, 1.807) is 11.8 Å². The lowest BCUT2D eigenvalue weighted by atomic mass is 10.2. The van der Waals surface area contributed by atoms with E-state index in [0.29, 0.717) is 18.0 Å². The zero-order chi connectivity index (χ0) is 14.0. The van der Waals surface area contributed by atoms with Gasteiger partial charge in [-0.25, -0.2) is 8.42 Å². The molecule has 1 aromatic carbocycles. The molecule has 0 bridgehead atoms. The highest BCUT2D eigenvalue weighted by Crippen LogP contribution is 2.28. The Hall–Kier alpha value is -0.240. The van der Waals surface area contributed by atoms with E-state index in [0.717, 1.165) is 22.3 Å². The molecule has 0 aliphatic carbocycles. The molecule has 1 unspecified atom stereocenters. The highest BCUT2D eigenvalue weighted by atomic mass is 79.9. The summed E-state index contributed by atoms with van der Waals surface area (Å²) in [6.45, 7) is 1.38. The molecule has 0 aromatic heterocycles. The minimum Gasteiger partial charge on any atom is -0.398 e. The number of nitrogens with zero attached hydrogens (tertiary/aromatic N) is 1. The lowest BCUT2D eigenvalue weighted by molar-refractivity contribution is 0.262. The van der Waals surface area contributed by atoms with Crippen LogP contribution < -0.4 is 5.73 Å². The van der Waals surface area contributed by atoms with Crippen LogP contribution in [0.15, 0.2) is 22.7 Å². The molecule has 1 fully saturated rings. The van der Waals surface area contributed by atoms with Crippen LogP contribution in [0.5, 0.6) is 0 Å². The molecule has 0 radical (unpaired) electrons. The fraction of sp³-hybridized carbons (Fsp3) is 0.500. The fourth-order valence-electron chi connectivity index (χ4n) is 2.13. The highest BCUT2D eigenvalue weighted by Gasteiger charge is 2.31. The molecule has 1 heterocycles. The molecule has 19 heavy (non-hydrogen) atoms. The quantitative estimate of drug-likeness (QED) is 0.830. The van der Waals surface area contributed by atoms with Crippen LogP contribution >= 0.6 is 27.7 Å². The molecule has 0 saturated carbocycles. The maximum atomic E-state index is 11.8. The standard InChI is InChI=1S/C12H17BrN2O2S2/c1-19(16,17)11-8-18-6-5-15(11)7-9-3-2-4-10(14)12(9)13/h2-4,11H,5-8,14H2,1H3. The third-order valence-corrected chi connectivity index (χ3v) is 6.82. The van der Waals surface area contributed by atoms with Crippen molar-refractivity contribution in [3.8, 4) is 0 Å². The first-order chi connectivity index (χ1) is 8.89. The Bertz CT molecular complexity index is 563. The van der Waals surface area contributed by atoms with E-state index in [2.05, 4.69) is 15.9 Å². The van der Waals surface area contributed by atoms with E-state index in [9.17, 15) is 8.42 Å². The van der Waals surface area contributed by atoms with E-state index in [-0.39, 0.29) is 0 Å². The average Bonchev–Trinajstić information content (AvgIpc) is 2.34. The molecule has 0 spiro atoms. The summed E-state index contributed by atoms with van der Waals surface area (Å²) in [4.78, 5) is 2.02. The zero-order valence-electron chi connectivity index (χ0n) is 10.7. The van der Waals surface area contributed by atoms with Crippen LogP contribution in [-0.4, -0.2) is 43.0 Å². The summed E-state index contributed by atoms with van der Waals surface area (Å²) >= 11 is 5.17. The maximum Gasteiger partial charge on any atom is 0.164 e. The smallest absolute Gasteiger partial charge is 0.164 e. The maximum absolute atomic E-state index is 11.8. The summed E-state index contributed by atoms with van der Waals surface area (Å²) < 4.78 is 24.6. The summed E-state index contributed by atoms with van der Waals surface area (Å²) in [6, 6.07) is 5.69. The Balaban J connectivity index is 2.23. The van der Waals surface area contributed by atoms with E-state index in [1.807, 2.05) is 23.1 Å². The molecule has 4 nitrogen and oxygen atoms in total. The fourth-order valence-corrected chi connectivity index (χ4v) is 5.46. The number of thioether (sulfide) groups is 1. The van der Waals surface area contributed by atoms with Crippen LogP contribution in [0.4, 0.5) is 5.69 Å². The molecule has 0 amide bonds. The Morgan fingerprint density at radius 3 is 2.95 bits per heavy atom. The first-order valence-corrected chi connectivity index (χ1v) is 9.83. The summed E-state index contributed by atoms with van der Waals surface area (Å²) in [7, 11) is -3.06. The number of nitrogens with two attached hydrogens (primary N) is 1. The van der Waals surface area contributed by atoms with E-state index < -0.39 is 15.2 Å².